The Hall–Kier alpha value is -2.35. The third-order valence-electron chi connectivity index (χ3n) is 3.71. The maximum absolute atomic E-state index is 12.1. The first-order valence-electron chi connectivity index (χ1n) is 8.06. The normalized spacial score (nSPS) is 10.9. The molecule has 0 unspecified atom stereocenters. The number of rotatable bonds is 8. The Morgan fingerprint density at radius 2 is 1.92 bits per heavy atom. The predicted molar refractivity (Wildman–Crippen MR) is 98.4 cm³/mol. The first-order chi connectivity index (χ1) is 11.9. The predicted octanol–water partition coefficient (Wildman–Crippen LogP) is 2.09. The molecule has 2 amide bonds. The maximum Gasteiger partial charge on any atom is 0.234 e. The smallest absolute Gasteiger partial charge is 0.234 e. The SMILES string of the molecule is CC(C)c1ccc(NC(=O)CSc2nnc(CCC(N)=O)n2C)cc1. The summed E-state index contributed by atoms with van der Waals surface area (Å²) in [4.78, 5) is 22.9. The average Bonchev–Trinajstić information content (AvgIpc) is 2.91. The molecule has 25 heavy (non-hydrogen) atoms. The zero-order valence-electron chi connectivity index (χ0n) is 14.7. The summed E-state index contributed by atoms with van der Waals surface area (Å²) >= 11 is 1.30. The van der Waals surface area contributed by atoms with E-state index in [4.69, 9.17) is 5.73 Å². The zero-order chi connectivity index (χ0) is 18.4. The second-order valence-electron chi connectivity index (χ2n) is 6.04. The van der Waals surface area contributed by atoms with Gasteiger partial charge in [0.25, 0.3) is 0 Å². The van der Waals surface area contributed by atoms with E-state index in [1.807, 2.05) is 24.3 Å². The molecular formula is C17H23N5O2S. The molecule has 0 radical (unpaired) electrons. The lowest BCUT2D eigenvalue weighted by atomic mass is 10.0. The van der Waals surface area contributed by atoms with E-state index < -0.39 is 0 Å². The first kappa shape index (κ1) is 19.0. The number of hydrogen-bond acceptors (Lipinski definition) is 5. The molecule has 0 saturated carbocycles. The van der Waals surface area contributed by atoms with Crippen molar-refractivity contribution in [1.29, 1.82) is 0 Å². The Morgan fingerprint density at radius 3 is 2.52 bits per heavy atom. The maximum atomic E-state index is 12.1. The van der Waals surface area contributed by atoms with E-state index in [0.29, 0.717) is 23.3 Å². The summed E-state index contributed by atoms with van der Waals surface area (Å²) in [7, 11) is 1.81. The molecule has 0 bridgehead atoms. The molecule has 0 aliphatic carbocycles. The van der Waals surface area contributed by atoms with Crippen molar-refractivity contribution in [2.24, 2.45) is 12.8 Å². The van der Waals surface area contributed by atoms with Crippen molar-refractivity contribution in [2.75, 3.05) is 11.1 Å². The van der Waals surface area contributed by atoms with Gasteiger partial charge in [0, 0.05) is 25.6 Å². The number of aromatic nitrogens is 3. The fraction of sp³-hybridized carbons (Fsp3) is 0.412. The van der Waals surface area contributed by atoms with Crippen molar-refractivity contribution in [3.63, 3.8) is 0 Å². The lowest BCUT2D eigenvalue weighted by Crippen LogP contribution is -2.15. The Balaban J connectivity index is 1.86. The van der Waals surface area contributed by atoms with Gasteiger partial charge < -0.3 is 15.6 Å². The quantitative estimate of drug-likeness (QED) is 0.701. The molecule has 134 valence electrons. The number of nitrogens with zero attached hydrogens (tertiary/aromatic N) is 3. The van der Waals surface area contributed by atoms with Crippen LogP contribution in [0, 0.1) is 0 Å². The number of carbonyl (C=O) groups is 2. The Kier molecular flexibility index (Phi) is 6.58. The lowest BCUT2D eigenvalue weighted by molar-refractivity contribution is -0.118. The van der Waals surface area contributed by atoms with Gasteiger partial charge in [-0.05, 0) is 23.6 Å². The molecule has 0 aliphatic rings. The van der Waals surface area contributed by atoms with Crippen LogP contribution in [0.2, 0.25) is 0 Å². The van der Waals surface area contributed by atoms with Crippen LogP contribution in [0.15, 0.2) is 29.4 Å². The van der Waals surface area contributed by atoms with Crippen molar-refractivity contribution >= 4 is 29.3 Å². The number of amides is 2. The molecule has 2 aromatic rings. The number of nitrogens with two attached hydrogens (primary N) is 1. The molecule has 1 aromatic carbocycles. The Labute approximate surface area is 151 Å². The molecule has 7 nitrogen and oxygen atoms in total. The molecule has 1 heterocycles. The highest BCUT2D eigenvalue weighted by molar-refractivity contribution is 7.99. The van der Waals surface area contributed by atoms with Gasteiger partial charge in [0.2, 0.25) is 11.8 Å². The van der Waals surface area contributed by atoms with Crippen LogP contribution in [-0.4, -0.2) is 32.3 Å². The fourth-order valence-corrected chi connectivity index (χ4v) is 2.93. The fourth-order valence-electron chi connectivity index (χ4n) is 2.20. The first-order valence-corrected chi connectivity index (χ1v) is 9.04. The Morgan fingerprint density at radius 1 is 1.24 bits per heavy atom. The van der Waals surface area contributed by atoms with Crippen LogP contribution in [-0.2, 0) is 23.1 Å². The van der Waals surface area contributed by atoms with Gasteiger partial charge in [-0.2, -0.15) is 0 Å². The summed E-state index contributed by atoms with van der Waals surface area (Å²) in [6.45, 7) is 4.26. The Bertz CT molecular complexity index is 740. The number of hydrogen-bond donors (Lipinski definition) is 2. The topological polar surface area (TPSA) is 103 Å². The van der Waals surface area contributed by atoms with Gasteiger partial charge in [0.15, 0.2) is 5.16 Å². The lowest BCUT2D eigenvalue weighted by Gasteiger charge is -2.08. The van der Waals surface area contributed by atoms with E-state index in [2.05, 4.69) is 29.4 Å². The standard InChI is InChI=1S/C17H23N5O2S/c1-11(2)12-4-6-13(7-5-12)19-16(24)10-25-17-21-20-15(22(17)3)9-8-14(18)23/h4-7,11H,8-10H2,1-3H3,(H2,18,23)(H,19,24). The van der Waals surface area contributed by atoms with Gasteiger partial charge in [-0.3, -0.25) is 9.59 Å². The molecule has 1 aromatic heterocycles. The van der Waals surface area contributed by atoms with E-state index in [9.17, 15) is 9.59 Å². The van der Waals surface area contributed by atoms with Gasteiger partial charge in [-0.25, -0.2) is 0 Å². The van der Waals surface area contributed by atoms with Crippen LogP contribution in [0.4, 0.5) is 5.69 Å². The van der Waals surface area contributed by atoms with E-state index in [1.165, 1.54) is 17.3 Å². The molecule has 0 atom stereocenters. The third kappa shape index (κ3) is 5.60. The molecule has 8 heteroatoms. The van der Waals surface area contributed by atoms with Crippen LogP contribution in [0.3, 0.4) is 0 Å². The summed E-state index contributed by atoms with van der Waals surface area (Å²) in [5.74, 6) is 0.878. The number of anilines is 1. The molecule has 0 saturated heterocycles. The number of benzene rings is 1. The second kappa shape index (κ2) is 8.66. The average molecular weight is 361 g/mol. The highest BCUT2D eigenvalue weighted by Gasteiger charge is 2.12. The van der Waals surface area contributed by atoms with Crippen LogP contribution < -0.4 is 11.1 Å². The molecule has 0 fully saturated rings. The molecule has 2 rings (SSSR count). The highest BCUT2D eigenvalue weighted by atomic mass is 32.2. The minimum Gasteiger partial charge on any atom is -0.370 e. The monoisotopic (exact) mass is 361 g/mol. The largest absolute Gasteiger partial charge is 0.370 e. The van der Waals surface area contributed by atoms with E-state index in [-0.39, 0.29) is 24.0 Å². The number of primary amides is 1. The van der Waals surface area contributed by atoms with Crippen molar-refractivity contribution < 1.29 is 9.59 Å². The number of nitrogens with one attached hydrogen (secondary N) is 1. The van der Waals surface area contributed by atoms with Gasteiger partial charge >= 0.3 is 0 Å². The summed E-state index contributed by atoms with van der Waals surface area (Å²) in [5.41, 5.74) is 7.14. The van der Waals surface area contributed by atoms with Crippen LogP contribution in [0.5, 0.6) is 0 Å². The molecule has 3 N–H and O–H groups in total. The van der Waals surface area contributed by atoms with Crippen molar-refractivity contribution in [1.82, 2.24) is 14.8 Å². The minimum absolute atomic E-state index is 0.107. The van der Waals surface area contributed by atoms with Crippen LogP contribution in [0.25, 0.3) is 0 Å². The van der Waals surface area contributed by atoms with Crippen molar-refractivity contribution in [3.8, 4) is 0 Å². The summed E-state index contributed by atoms with van der Waals surface area (Å²) in [5, 5.41) is 11.6. The van der Waals surface area contributed by atoms with E-state index >= 15 is 0 Å². The van der Waals surface area contributed by atoms with Crippen molar-refractivity contribution in [2.45, 2.75) is 37.8 Å². The molecule has 0 aliphatic heterocycles. The van der Waals surface area contributed by atoms with Gasteiger partial charge in [0.05, 0.1) is 5.75 Å². The summed E-state index contributed by atoms with van der Waals surface area (Å²) < 4.78 is 1.78. The molecule has 0 spiro atoms. The second-order valence-corrected chi connectivity index (χ2v) is 6.98. The highest BCUT2D eigenvalue weighted by Crippen LogP contribution is 2.19. The summed E-state index contributed by atoms with van der Waals surface area (Å²) in [6, 6.07) is 7.84. The summed E-state index contributed by atoms with van der Waals surface area (Å²) in [6.07, 6.45) is 0.664. The minimum atomic E-state index is -0.375. The van der Waals surface area contributed by atoms with Crippen LogP contribution in [0.1, 0.15) is 37.6 Å². The molecular weight excluding hydrogens is 338 g/mol. The van der Waals surface area contributed by atoms with Crippen LogP contribution >= 0.6 is 11.8 Å². The number of aryl methyl sites for hydroxylation is 1. The van der Waals surface area contributed by atoms with Gasteiger partial charge in [-0.15, -0.1) is 10.2 Å². The zero-order valence-corrected chi connectivity index (χ0v) is 15.5. The van der Waals surface area contributed by atoms with Crippen molar-refractivity contribution in [3.05, 3.63) is 35.7 Å². The van der Waals surface area contributed by atoms with Gasteiger partial charge in [-0.1, -0.05) is 37.7 Å². The number of thioether (sulfide) groups is 1. The van der Waals surface area contributed by atoms with E-state index in [1.54, 1.807) is 11.6 Å². The van der Waals surface area contributed by atoms with E-state index in [0.717, 1.165) is 5.69 Å². The van der Waals surface area contributed by atoms with Gasteiger partial charge in [0.1, 0.15) is 5.82 Å². The number of carbonyl (C=O) groups excluding carboxylic acids is 2. The third-order valence-corrected chi connectivity index (χ3v) is 4.73.